The molecule has 2 aliphatic carbocycles. The lowest BCUT2D eigenvalue weighted by molar-refractivity contribution is -0.127. The first-order valence-electron chi connectivity index (χ1n) is 9.58. The van der Waals surface area contributed by atoms with Crippen molar-refractivity contribution in [3.8, 4) is 0 Å². The number of benzene rings is 1. The Bertz CT molecular complexity index is 754. The number of amides is 1. The molecular weight excluding hydrogens is 312 g/mol. The van der Waals surface area contributed by atoms with Crippen molar-refractivity contribution in [3.05, 3.63) is 30.1 Å². The number of nitrogens with two attached hydrogens (primary N) is 1. The molecule has 0 aliphatic heterocycles. The molecule has 2 atom stereocenters. The van der Waals surface area contributed by atoms with Crippen LogP contribution in [-0.2, 0) is 11.3 Å². The van der Waals surface area contributed by atoms with Gasteiger partial charge in [0.1, 0.15) is 5.82 Å². The molecule has 0 radical (unpaired) electrons. The second-order valence-electron chi connectivity index (χ2n) is 7.79. The molecular formula is C20H28N4O. The summed E-state index contributed by atoms with van der Waals surface area (Å²) < 4.78 is 2.18. The zero-order valence-electron chi connectivity index (χ0n) is 14.9. The van der Waals surface area contributed by atoms with Gasteiger partial charge in [0.25, 0.3) is 0 Å². The minimum Gasteiger partial charge on any atom is -0.354 e. The highest BCUT2D eigenvalue weighted by atomic mass is 16.1. The lowest BCUT2D eigenvalue weighted by Crippen LogP contribution is -2.49. The van der Waals surface area contributed by atoms with Crippen molar-refractivity contribution in [3.63, 3.8) is 0 Å². The van der Waals surface area contributed by atoms with Crippen molar-refractivity contribution in [1.29, 1.82) is 0 Å². The molecule has 134 valence electrons. The standard InChI is InChI=1S/C20H28N4O/c1-13-23-17-7-2-3-8-18(17)24(13)10-9-22-20(25)16-11-14-5-4-6-15(12-16)19(14)21/h2-3,7-8,14-16,19H,4-6,9-12,21H2,1H3,(H,22,25). The van der Waals surface area contributed by atoms with E-state index < -0.39 is 0 Å². The minimum absolute atomic E-state index is 0.149. The molecule has 1 amide bonds. The number of para-hydroxylation sites is 2. The smallest absolute Gasteiger partial charge is 0.223 e. The average molecular weight is 340 g/mol. The Morgan fingerprint density at radius 1 is 1.28 bits per heavy atom. The lowest BCUT2D eigenvalue weighted by atomic mass is 9.65. The number of nitrogens with zero attached hydrogens (tertiary/aromatic N) is 2. The van der Waals surface area contributed by atoms with Gasteiger partial charge in [-0.3, -0.25) is 4.79 Å². The second-order valence-corrected chi connectivity index (χ2v) is 7.79. The molecule has 5 heteroatoms. The van der Waals surface area contributed by atoms with Crippen molar-refractivity contribution in [2.75, 3.05) is 6.54 Å². The molecule has 3 N–H and O–H groups in total. The Balaban J connectivity index is 1.35. The normalized spacial score (nSPS) is 28.9. The van der Waals surface area contributed by atoms with Gasteiger partial charge in [-0.05, 0) is 56.6 Å². The highest BCUT2D eigenvalue weighted by Gasteiger charge is 2.40. The zero-order valence-corrected chi connectivity index (χ0v) is 14.9. The molecule has 5 nitrogen and oxygen atoms in total. The number of hydrogen-bond acceptors (Lipinski definition) is 3. The van der Waals surface area contributed by atoms with Gasteiger partial charge in [0, 0.05) is 25.0 Å². The highest BCUT2D eigenvalue weighted by Crippen LogP contribution is 2.41. The van der Waals surface area contributed by atoms with Gasteiger partial charge in [-0.15, -0.1) is 0 Å². The van der Waals surface area contributed by atoms with E-state index in [-0.39, 0.29) is 11.8 Å². The quantitative estimate of drug-likeness (QED) is 0.898. The molecule has 1 aromatic carbocycles. The largest absolute Gasteiger partial charge is 0.354 e. The van der Waals surface area contributed by atoms with Crippen LogP contribution in [0.2, 0.25) is 0 Å². The number of carbonyl (C=O) groups is 1. The summed E-state index contributed by atoms with van der Waals surface area (Å²) in [5.74, 6) is 2.45. The van der Waals surface area contributed by atoms with Gasteiger partial charge in [0.2, 0.25) is 5.91 Å². The summed E-state index contributed by atoms with van der Waals surface area (Å²) in [6, 6.07) is 8.47. The van der Waals surface area contributed by atoms with E-state index in [0.717, 1.165) is 36.2 Å². The Morgan fingerprint density at radius 3 is 2.76 bits per heavy atom. The van der Waals surface area contributed by atoms with Gasteiger partial charge in [0.05, 0.1) is 11.0 Å². The Morgan fingerprint density at radius 2 is 2.00 bits per heavy atom. The van der Waals surface area contributed by atoms with Crippen LogP contribution in [0.4, 0.5) is 0 Å². The fourth-order valence-corrected chi connectivity index (χ4v) is 4.92. The summed E-state index contributed by atoms with van der Waals surface area (Å²) in [5.41, 5.74) is 8.48. The number of nitrogens with one attached hydrogen (secondary N) is 1. The van der Waals surface area contributed by atoms with E-state index in [1.807, 2.05) is 25.1 Å². The fourth-order valence-electron chi connectivity index (χ4n) is 4.92. The molecule has 2 saturated carbocycles. The van der Waals surface area contributed by atoms with E-state index in [1.165, 1.54) is 19.3 Å². The summed E-state index contributed by atoms with van der Waals surface area (Å²) in [6.07, 6.45) is 5.61. The van der Waals surface area contributed by atoms with Crippen molar-refractivity contribution < 1.29 is 4.79 Å². The number of aromatic nitrogens is 2. The summed E-state index contributed by atoms with van der Waals surface area (Å²) in [4.78, 5) is 17.2. The van der Waals surface area contributed by atoms with E-state index in [1.54, 1.807) is 0 Å². The number of aryl methyl sites for hydroxylation is 1. The van der Waals surface area contributed by atoms with E-state index in [4.69, 9.17) is 5.73 Å². The predicted molar refractivity (Wildman–Crippen MR) is 99.0 cm³/mol. The molecule has 25 heavy (non-hydrogen) atoms. The van der Waals surface area contributed by atoms with Gasteiger partial charge in [-0.1, -0.05) is 18.6 Å². The molecule has 1 aromatic heterocycles. The molecule has 2 aromatic rings. The fraction of sp³-hybridized carbons (Fsp3) is 0.600. The highest BCUT2D eigenvalue weighted by molar-refractivity contribution is 5.79. The van der Waals surface area contributed by atoms with E-state index >= 15 is 0 Å². The first-order valence-corrected chi connectivity index (χ1v) is 9.58. The van der Waals surface area contributed by atoms with Crippen LogP contribution in [0, 0.1) is 24.7 Å². The molecule has 0 saturated heterocycles. The first-order chi connectivity index (χ1) is 12.1. The van der Waals surface area contributed by atoms with Crippen LogP contribution in [0.1, 0.15) is 37.9 Å². The second kappa shape index (κ2) is 6.79. The number of fused-ring (bicyclic) bond motifs is 3. The Kier molecular flexibility index (Phi) is 4.50. The average Bonchev–Trinajstić information content (AvgIpc) is 2.90. The van der Waals surface area contributed by atoms with Gasteiger partial charge < -0.3 is 15.6 Å². The molecule has 2 unspecified atom stereocenters. The van der Waals surface area contributed by atoms with Crippen molar-refractivity contribution in [1.82, 2.24) is 14.9 Å². The zero-order chi connectivity index (χ0) is 17.4. The predicted octanol–water partition coefficient (Wildman–Crippen LogP) is 2.61. The maximum atomic E-state index is 12.6. The SMILES string of the molecule is Cc1nc2ccccc2n1CCNC(=O)C1CC2CCCC(C1)C2N. The first kappa shape index (κ1) is 16.6. The molecule has 2 fully saturated rings. The Labute approximate surface area is 149 Å². The summed E-state index contributed by atoms with van der Waals surface area (Å²) in [7, 11) is 0. The van der Waals surface area contributed by atoms with Crippen LogP contribution in [0.5, 0.6) is 0 Å². The monoisotopic (exact) mass is 340 g/mol. The number of carbonyl (C=O) groups excluding carboxylic acids is 1. The van der Waals surface area contributed by atoms with Crippen LogP contribution >= 0.6 is 0 Å². The summed E-state index contributed by atoms with van der Waals surface area (Å²) in [6.45, 7) is 3.43. The lowest BCUT2D eigenvalue weighted by Gasteiger charge is -2.43. The maximum absolute atomic E-state index is 12.6. The van der Waals surface area contributed by atoms with E-state index in [0.29, 0.717) is 24.4 Å². The van der Waals surface area contributed by atoms with Gasteiger partial charge in [-0.2, -0.15) is 0 Å². The molecule has 2 aliphatic rings. The van der Waals surface area contributed by atoms with Crippen molar-refractivity contribution in [2.45, 2.75) is 51.6 Å². The Hall–Kier alpha value is -1.88. The van der Waals surface area contributed by atoms with Crippen molar-refractivity contribution in [2.24, 2.45) is 23.5 Å². The van der Waals surface area contributed by atoms with Crippen molar-refractivity contribution >= 4 is 16.9 Å². The molecule has 1 heterocycles. The van der Waals surface area contributed by atoms with Crippen LogP contribution < -0.4 is 11.1 Å². The van der Waals surface area contributed by atoms with Crippen LogP contribution in [-0.4, -0.2) is 28.0 Å². The number of imidazole rings is 1. The third-order valence-electron chi connectivity index (χ3n) is 6.26. The minimum atomic E-state index is 0.149. The molecule has 4 rings (SSSR count). The number of rotatable bonds is 4. The van der Waals surface area contributed by atoms with E-state index in [2.05, 4.69) is 20.9 Å². The van der Waals surface area contributed by atoms with Crippen LogP contribution in [0.15, 0.2) is 24.3 Å². The van der Waals surface area contributed by atoms with Crippen LogP contribution in [0.3, 0.4) is 0 Å². The van der Waals surface area contributed by atoms with Gasteiger partial charge in [0.15, 0.2) is 0 Å². The van der Waals surface area contributed by atoms with Crippen LogP contribution in [0.25, 0.3) is 11.0 Å². The number of hydrogen-bond donors (Lipinski definition) is 2. The summed E-state index contributed by atoms with van der Waals surface area (Å²) >= 11 is 0. The third kappa shape index (κ3) is 3.17. The molecule has 2 bridgehead atoms. The van der Waals surface area contributed by atoms with Gasteiger partial charge in [-0.25, -0.2) is 4.98 Å². The third-order valence-corrected chi connectivity index (χ3v) is 6.26. The summed E-state index contributed by atoms with van der Waals surface area (Å²) in [5, 5.41) is 3.16. The maximum Gasteiger partial charge on any atom is 0.223 e. The topological polar surface area (TPSA) is 72.9 Å². The van der Waals surface area contributed by atoms with Gasteiger partial charge >= 0.3 is 0 Å². The molecule has 0 spiro atoms. The van der Waals surface area contributed by atoms with E-state index in [9.17, 15) is 4.79 Å².